The lowest BCUT2D eigenvalue weighted by Gasteiger charge is -2.25. The van der Waals surface area contributed by atoms with E-state index < -0.39 is 0 Å². The molecule has 1 aliphatic heterocycles. The zero-order chi connectivity index (χ0) is 14.8. The number of thiazole rings is 1. The molecule has 3 rings (SSSR count). The van der Waals surface area contributed by atoms with E-state index in [1.807, 2.05) is 6.92 Å². The highest BCUT2D eigenvalue weighted by Crippen LogP contribution is 2.29. The van der Waals surface area contributed by atoms with E-state index in [-0.39, 0.29) is 12.0 Å². The maximum absolute atomic E-state index is 12.2. The van der Waals surface area contributed by atoms with Crippen LogP contribution in [0.4, 0.5) is 10.9 Å². The quantitative estimate of drug-likeness (QED) is 0.772. The molecule has 2 atom stereocenters. The van der Waals surface area contributed by atoms with Gasteiger partial charge in [0.05, 0.1) is 6.10 Å². The van der Waals surface area contributed by atoms with Crippen molar-refractivity contribution in [3.63, 3.8) is 0 Å². The molecule has 0 spiro atoms. The monoisotopic (exact) mass is 310 g/mol. The Kier molecular flexibility index (Phi) is 4.30. The van der Waals surface area contributed by atoms with Crippen molar-refractivity contribution in [1.82, 2.24) is 10.3 Å². The van der Waals surface area contributed by atoms with Crippen molar-refractivity contribution < 1.29 is 9.53 Å². The van der Waals surface area contributed by atoms with Crippen molar-refractivity contribution in [3.05, 3.63) is 4.88 Å². The molecule has 1 aromatic rings. The molecule has 0 aromatic carbocycles. The van der Waals surface area contributed by atoms with Crippen LogP contribution in [0, 0.1) is 5.92 Å². The van der Waals surface area contributed by atoms with Gasteiger partial charge in [-0.05, 0) is 32.6 Å². The van der Waals surface area contributed by atoms with Crippen LogP contribution in [-0.2, 0) is 4.74 Å². The number of ether oxygens (including phenoxy) is 1. The van der Waals surface area contributed by atoms with Crippen LogP contribution in [0.25, 0.3) is 0 Å². The largest absolute Gasteiger partial charge is 0.382 e. The minimum atomic E-state index is -0.134. The number of nitrogens with one attached hydrogen (secondary N) is 2. The number of nitrogens with zero attached hydrogens (tertiary/aromatic N) is 1. The summed E-state index contributed by atoms with van der Waals surface area (Å²) in [5.41, 5.74) is 5.86. The van der Waals surface area contributed by atoms with Gasteiger partial charge in [-0.3, -0.25) is 4.79 Å². The number of amides is 1. The standard InChI is InChI=1S/C14H22N4O2S/c1-8-9(5-6-20-8)7-16-13(19)11-12(15)18-14(21-11)17-10-3-2-4-10/h8-10H,2-7,15H2,1H3,(H,16,19)(H,17,18). The minimum Gasteiger partial charge on any atom is -0.382 e. The van der Waals surface area contributed by atoms with Gasteiger partial charge in [-0.2, -0.15) is 0 Å². The molecule has 0 radical (unpaired) electrons. The summed E-state index contributed by atoms with van der Waals surface area (Å²) < 4.78 is 5.50. The molecule has 1 amide bonds. The number of rotatable bonds is 5. The fraction of sp³-hybridized carbons (Fsp3) is 0.714. The second kappa shape index (κ2) is 6.19. The highest BCUT2D eigenvalue weighted by molar-refractivity contribution is 7.18. The summed E-state index contributed by atoms with van der Waals surface area (Å²) in [6.07, 6.45) is 4.79. The van der Waals surface area contributed by atoms with Crippen molar-refractivity contribution in [2.45, 2.75) is 44.8 Å². The van der Waals surface area contributed by atoms with Gasteiger partial charge in [0.1, 0.15) is 10.7 Å². The van der Waals surface area contributed by atoms with E-state index in [1.165, 1.54) is 30.6 Å². The van der Waals surface area contributed by atoms with Crippen LogP contribution in [0.2, 0.25) is 0 Å². The van der Waals surface area contributed by atoms with Gasteiger partial charge in [-0.1, -0.05) is 11.3 Å². The van der Waals surface area contributed by atoms with Crippen LogP contribution in [0.3, 0.4) is 0 Å². The third kappa shape index (κ3) is 3.29. The average Bonchev–Trinajstić information content (AvgIpc) is 2.97. The van der Waals surface area contributed by atoms with Crippen LogP contribution in [0.5, 0.6) is 0 Å². The summed E-state index contributed by atoms with van der Waals surface area (Å²) >= 11 is 1.34. The molecular weight excluding hydrogens is 288 g/mol. The zero-order valence-corrected chi connectivity index (χ0v) is 13.0. The average molecular weight is 310 g/mol. The predicted molar refractivity (Wildman–Crippen MR) is 83.6 cm³/mol. The topological polar surface area (TPSA) is 89.3 Å². The Labute approximate surface area is 128 Å². The second-order valence-electron chi connectivity index (χ2n) is 5.84. The van der Waals surface area contributed by atoms with Crippen LogP contribution >= 0.6 is 11.3 Å². The zero-order valence-electron chi connectivity index (χ0n) is 12.2. The molecule has 6 nitrogen and oxygen atoms in total. The molecule has 1 aliphatic carbocycles. The van der Waals surface area contributed by atoms with Gasteiger partial charge < -0.3 is 21.1 Å². The van der Waals surface area contributed by atoms with Crippen molar-refractivity contribution >= 4 is 28.2 Å². The van der Waals surface area contributed by atoms with Crippen molar-refractivity contribution in [3.8, 4) is 0 Å². The number of carbonyl (C=O) groups excluding carboxylic acids is 1. The van der Waals surface area contributed by atoms with Crippen molar-refractivity contribution in [2.75, 3.05) is 24.2 Å². The predicted octanol–water partition coefficient (Wildman–Crippen LogP) is 1.84. The highest BCUT2D eigenvalue weighted by atomic mass is 32.1. The second-order valence-corrected chi connectivity index (χ2v) is 6.84. The molecular formula is C14H22N4O2S. The lowest BCUT2D eigenvalue weighted by Crippen LogP contribution is -2.31. The first-order valence-electron chi connectivity index (χ1n) is 7.56. The molecule has 1 saturated carbocycles. The molecule has 4 N–H and O–H groups in total. The molecule has 0 bridgehead atoms. The van der Waals surface area contributed by atoms with Gasteiger partial charge in [0, 0.05) is 25.1 Å². The Bertz CT molecular complexity index is 515. The molecule has 1 aromatic heterocycles. The van der Waals surface area contributed by atoms with Crippen LogP contribution < -0.4 is 16.4 Å². The van der Waals surface area contributed by atoms with E-state index in [0.717, 1.165) is 18.2 Å². The van der Waals surface area contributed by atoms with E-state index in [9.17, 15) is 4.79 Å². The molecule has 2 fully saturated rings. The van der Waals surface area contributed by atoms with Crippen LogP contribution in [0.15, 0.2) is 0 Å². The number of nitrogens with two attached hydrogens (primary N) is 1. The number of carbonyl (C=O) groups is 1. The number of nitrogen functional groups attached to an aromatic ring is 1. The molecule has 116 valence electrons. The normalized spacial score (nSPS) is 25.6. The van der Waals surface area contributed by atoms with Crippen molar-refractivity contribution in [2.24, 2.45) is 5.92 Å². The Balaban J connectivity index is 1.56. The van der Waals surface area contributed by atoms with Gasteiger partial charge in [0.2, 0.25) is 0 Å². The van der Waals surface area contributed by atoms with Gasteiger partial charge in [0.25, 0.3) is 5.91 Å². The summed E-state index contributed by atoms with van der Waals surface area (Å²) in [5.74, 6) is 0.566. The fourth-order valence-electron chi connectivity index (χ4n) is 2.63. The smallest absolute Gasteiger partial charge is 0.265 e. The molecule has 1 saturated heterocycles. The maximum Gasteiger partial charge on any atom is 0.265 e. The molecule has 2 unspecified atom stereocenters. The summed E-state index contributed by atoms with van der Waals surface area (Å²) in [6.45, 7) is 3.45. The summed E-state index contributed by atoms with van der Waals surface area (Å²) in [4.78, 5) is 17.0. The Morgan fingerprint density at radius 3 is 2.90 bits per heavy atom. The van der Waals surface area contributed by atoms with Crippen LogP contribution in [0.1, 0.15) is 42.3 Å². The Hall–Kier alpha value is -1.34. The summed E-state index contributed by atoms with van der Waals surface area (Å²) in [6, 6.07) is 0.489. The minimum absolute atomic E-state index is 0.134. The molecule has 7 heteroatoms. The van der Waals surface area contributed by atoms with E-state index in [2.05, 4.69) is 15.6 Å². The molecule has 2 aliphatic rings. The lowest BCUT2D eigenvalue weighted by molar-refractivity contribution is 0.0911. The van der Waals surface area contributed by atoms with E-state index in [4.69, 9.17) is 10.5 Å². The third-order valence-electron chi connectivity index (χ3n) is 4.35. The van der Waals surface area contributed by atoms with E-state index >= 15 is 0 Å². The number of aromatic nitrogens is 1. The summed E-state index contributed by atoms with van der Waals surface area (Å²) in [7, 11) is 0. The van der Waals surface area contributed by atoms with E-state index in [1.54, 1.807) is 0 Å². The maximum atomic E-state index is 12.2. The Morgan fingerprint density at radius 1 is 1.48 bits per heavy atom. The summed E-state index contributed by atoms with van der Waals surface area (Å²) in [5, 5.41) is 7.03. The SMILES string of the molecule is CC1OCCC1CNC(=O)c1sc(NC2CCC2)nc1N. The first-order valence-corrected chi connectivity index (χ1v) is 8.38. The van der Waals surface area contributed by atoms with Gasteiger partial charge >= 0.3 is 0 Å². The van der Waals surface area contributed by atoms with Crippen molar-refractivity contribution in [1.29, 1.82) is 0 Å². The van der Waals surface area contributed by atoms with Crippen LogP contribution in [-0.4, -0.2) is 36.2 Å². The fourth-order valence-corrected chi connectivity index (χ4v) is 3.51. The number of hydrogen-bond acceptors (Lipinski definition) is 6. The Morgan fingerprint density at radius 2 is 2.29 bits per heavy atom. The van der Waals surface area contributed by atoms with Gasteiger partial charge in [0.15, 0.2) is 5.13 Å². The number of anilines is 2. The van der Waals surface area contributed by atoms with Gasteiger partial charge in [-0.25, -0.2) is 4.98 Å². The first-order chi connectivity index (χ1) is 10.1. The molecule has 2 heterocycles. The lowest BCUT2D eigenvalue weighted by atomic mass is 9.93. The molecule has 21 heavy (non-hydrogen) atoms. The first kappa shape index (κ1) is 14.6. The highest BCUT2D eigenvalue weighted by Gasteiger charge is 2.26. The number of hydrogen-bond donors (Lipinski definition) is 3. The van der Waals surface area contributed by atoms with Gasteiger partial charge in [-0.15, -0.1) is 0 Å². The third-order valence-corrected chi connectivity index (χ3v) is 5.35. The van der Waals surface area contributed by atoms with E-state index in [0.29, 0.717) is 29.2 Å².